The van der Waals surface area contributed by atoms with Crippen LogP contribution in [0.25, 0.3) is 65.8 Å². The average molecular weight is 620 g/mol. The number of para-hydroxylation sites is 2. The molecule has 0 aliphatic carbocycles. The fraction of sp³-hybridized carbons (Fsp3) is 0.0465. The van der Waals surface area contributed by atoms with Gasteiger partial charge in [0.2, 0.25) is 0 Å². The maximum atomic E-state index is 6.62. The van der Waals surface area contributed by atoms with Crippen LogP contribution in [-0.2, 0) is 0 Å². The van der Waals surface area contributed by atoms with Gasteiger partial charge in [-0.3, -0.25) is 5.32 Å². The zero-order valence-electron chi connectivity index (χ0n) is 25.9. The second-order valence-electron chi connectivity index (χ2n) is 12.4. The van der Waals surface area contributed by atoms with Crippen molar-refractivity contribution >= 4 is 60.5 Å². The molecule has 0 radical (unpaired) electrons. The third-order valence-electron chi connectivity index (χ3n) is 9.56. The lowest BCUT2D eigenvalue weighted by Crippen LogP contribution is -2.45. The molecule has 0 amide bonds. The summed E-state index contributed by atoms with van der Waals surface area (Å²) in [5.41, 5.74) is 8.80. The first-order chi connectivity index (χ1) is 23.8. The lowest BCUT2D eigenvalue weighted by atomic mass is 9.96. The Bertz CT molecular complexity index is 2700. The number of benzene rings is 7. The van der Waals surface area contributed by atoms with E-state index in [4.69, 9.17) is 13.8 Å². The highest BCUT2D eigenvalue weighted by Gasteiger charge is 2.29. The lowest BCUT2D eigenvalue weighted by molar-refractivity contribution is 0.411. The van der Waals surface area contributed by atoms with Crippen molar-refractivity contribution in [3.05, 3.63) is 168 Å². The molecule has 2 N–H and O–H groups in total. The van der Waals surface area contributed by atoms with Crippen LogP contribution in [0.3, 0.4) is 0 Å². The number of hydrogen-bond donors (Lipinski definition) is 2. The van der Waals surface area contributed by atoms with Crippen LogP contribution in [-0.4, -0.2) is 5.84 Å². The summed E-state index contributed by atoms with van der Waals surface area (Å²) in [5.74, 6) is 0.798. The Hall–Kier alpha value is -6.17. The first kappa shape index (κ1) is 27.0. The van der Waals surface area contributed by atoms with E-state index in [1.165, 1.54) is 10.8 Å². The van der Waals surface area contributed by atoms with E-state index in [-0.39, 0.29) is 12.3 Å². The molecule has 0 saturated heterocycles. The molecule has 0 bridgehead atoms. The smallest absolute Gasteiger partial charge is 0.143 e. The van der Waals surface area contributed by atoms with Gasteiger partial charge < -0.3 is 14.2 Å². The molecule has 2 unspecified atom stereocenters. The van der Waals surface area contributed by atoms with Crippen molar-refractivity contribution in [2.75, 3.05) is 0 Å². The van der Waals surface area contributed by atoms with E-state index in [0.29, 0.717) is 0 Å². The van der Waals surface area contributed by atoms with E-state index in [1.807, 2.05) is 36.4 Å². The minimum Gasteiger partial charge on any atom is -0.456 e. The fourth-order valence-electron chi connectivity index (χ4n) is 7.23. The highest BCUT2D eigenvalue weighted by molar-refractivity contribution is 6.12. The summed E-state index contributed by atoms with van der Waals surface area (Å²) >= 11 is 0. The molecule has 2 atom stereocenters. The van der Waals surface area contributed by atoms with E-state index in [9.17, 15) is 0 Å². The van der Waals surface area contributed by atoms with Gasteiger partial charge >= 0.3 is 0 Å². The summed E-state index contributed by atoms with van der Waals surface area (Å²) in [6.07, 6.45) is -0.571. The average Bonchev–Trinajstić information content (AvgIpc) is 3.73. The third-order valence-corrected chi connectivity index (χ3v) is 9.56. The largest absolute Gasteiger partial charge is 0.456 e. The predicted octanol–water partition coefficient (Wildman–Crippen LogP) is 10.6. The van der Waals surface area contributed by atoms with E-state index in [0.717, 1.165) is 77.5 Å². The number of nitrogens with one attached hydrogen (secondary N) is 2. The second-order valence-corrected chi connectivity index (χ2v) is 12.4. The van der Waals surface area contributed by atoms with Gasteiger partial charge in [-0.25, -0.2) is 4.99 Å². The van der Waals surface area contributed by atoms with Gasteiger partial charge in [0.05, 0.1) is 0 Å². The van der Waals surface area contributed by atoms with Gasteiger partial charge in [-0.2, -0.15) is 0 Å². The number of nitrogens with zero attached hydrogens (tertiary/aromatic N) is 1. The quantitative estimate of drug-likeness (QED) is 0.206. The molecular weight excluding hydrogens is 590 g/mol. The Kier molecular flexibility index (Phi) is 6.01. The molecule has 228 valence electrons. The van der Waals surface area contributed by atoms with Crippen LogP contribution < -0.4 is 10.6 Å². The first-order valence-corrected chi connectivity index (χ1v) is 16.3. The number of rotatable bonds is 4. The number of furan rings is 2. The van der Waals surface area contributed by atoms with Gasteiger partial charge in [0.25, 0.3) is 0 Å². The highest BCUT2D eigenvalue weighted by atomic mass is 16.3. The van der Waals surface area contributed by atoms with Crippen LogP contribution in [0.5, 0.6) is 0 Å². The van der Waals surface area contributed by atoms with Crippen molar-refractivity contribution in [2.24, 2.45) is 4.99 Å². The van der Waals surface area contributed by atoms with Crippen molar-refractivity contribution in [2.45, 2.75) is 12.3 Å². The zero-order valence-corrected chi connectivity index (χ0v) is 25.9. The first-order valence-electron chi connectivity index (χ1n) is 16.3. The number of amidine groups is 1. The fourth-order valence-corrected chi connectivity index (χ4v) is 7.23. The van der Waals surface area contributed by atoms with Gasteiger partial charge in [0.15, 0.2) is 0 Å². The number of aliphatic imine (C=N–C) groups is 1. The molecule has 3 heterocycles. The van der Waals surface area contributed by atoms with Gasteiger partial charge in [0.1, 0.15) is 40.5 Å². The van der Waals surface area contributed by atoms with Crippen LogP contribution in [0, 0.1) is 0 Å². The maximum absolute atomic E-state index is 6.62. The van der Waals surface area contributed by atoms with E-state index < -0.39 is 0 Å². The van der Waals surface area contributed by atoms with Gasteiger partial charge in [-0.15, -0.1) is 0 Å². The summed E-state index contributed by atoms with van der Waals surface area (Å²) in [4.78, 5) is 5.29. The molecule has 0 saturated carbocycles. The predicted molar refractivity (Wildman–Crippen MR) is 195 cm³/mol. The minimum absolute atomic E-state index is 0.270. The van der Waals surface area contributed by atoms with Crippen molar-refractivity contribution in [1.29, 1.82) is 0 Å². The molecule has 2 aromatic heterocycles. The SMILES string of the molecule is c1ccc(-c2ccc(C3NC(c4ccc5c(c4)oc4ccccc45)=NC(c4ccc5ccccc5c4)N3)c3c2oc2ccccc23)cc1. The molecule has 5 heteroatoms. The normalized spacial score (nSPS) is 16.5. The number of fused-ring (bicyclic) bond motifs is 7. The van der Waals surface area contributed by atoms with Crippen molar-refractivity contribution in [3.63, 3.8) is 0 Å². The molecular formula is C43H29N3O2. The topological polar surface area (TPSA) is 62.7 Å². The third kappa shape index (κ3) is 4.33. The molecule has 5 nitrogen and oxygen atoms in total. The highest BCUT2D eigenvalue weighted by Crippen LogP contribution is 2.41. The monoisotopic (exact) mass is 619 g/mol. The molecule has 0 fully saturated rings. The summed E-state index contributed by atoms with van der Waals surface area (Å²) in [6.45, 7) is 0. The van der Waals surface area contributed by atoms with Crippen LogP contribution in [0.1, 0.15) is 29.0 Å². The van der Waals surface area contributed by atoms with Crippen LogP contribution in [0.2, 0.25) is 0 Å². The lowest BCUT2D eigenvalue weighted by Gasteiger charge is -2.32. The van der Waals surface area contributed by atoms with Crippen LogP contribution in [0.15, 0.2) is 165 Å². The van der Waals surface area contributed by atoms with Crippen molar-refractivity contribution in [1.82, 2.24) is 10.6 Å². The summed E-state index contributed by atoms with van der Waals surface area (Å²) in [7, 11) is 0. The molecule has 9 aromatic rings. The molecule has 1 aliphatic rings. The Morgan fingerprint density at radius 3 is 2.12 bits per heavy atom. The molecule has 7 aromatic carbocycles. The second kappa shape index (κ2) is 10.7. The Morgan fingerprint density at radius 2 is 1.25 bits per heavy atom. The van der Waals surface area contributed by atoms with Crippen LogP contribution >= 0.6 is 0 Å². The van der Waals surface area contributed by atoms with E-state index in [1.54, 1.807) is 0 Å². The van der Waals surface area contributed by atoms with Gasteiger partial charge in [0, 0.05) is 38.2 Å². The minimum atomic E-state index is -0.302. The summed E-state index contributed by atoms with van der Waals surface area (Å²) in [6, 6.07) is 52.7. The Morgan fingerprint density at radius 1 is 0.521 bits per heavy atom. The summed E-state index contributed by atoms with van der Waals surface area (Å²) < 4.78 is 12.9. The van der Waals surface area contributed by atoms with Gasteiger partial charge in [-0.05, 0) is 52.2 Å². The van der Waals surface area contributed by atoms with Crippen molar-refractivity contribution < 1.29 is 8.83 Å². The molecule has 0 spiro atoms. The van der Waals surface area contributed by atoms with Crippen molar-refractivity contribution in [3.8, 4) is 11.1 Å². The zero-order chi connectivity index (χ0) is 31.6. The Labute approximate surface area is 276 Å². The van der Waals surface area contributed by atoms with E-state index in [2.05, 4.69) is 126 Å². The summed E-state index contributed by atoms with van der Waals surface area (Å²) in [5, 5.41) is 14.4. The van der Waals surface area contributed by atoms with Gasteiger partial charge in [-0.1, -0.05) is 121 Å². The standard InChI is InChI=1S/C43H29N3O2/c1-2-11-27(12-3-1)31-22-23-35(39-34-15-7-9-17-37(34)48-40(31)39)43-45-41(29-19-18-26-10-4-5-13-28(26)24-29)44-42(46-43)30-20-21-33-32-14-6-8-16-36(32)47-38(33)25-30/h1-25,41,43,45H,(H,44,46). The Balaban J connectivity index is 1.16. The van der Waals surface area contributed by atoms with Crippen LogP contribution in [0.4, 0.5) is 0 Å². The number of hydrogen-bond acceptors (Lipinski definition) is 5. The molecule has 48 heavy (non-hydrogen) atoms. The maximum Gasteiger partial charge on any atom is 0.143 e. The molecule has 1 aliphatic heterocycles. The molecule has 10 rings (SSSR count). The van der Waals surface area contributed by atoms with E-state index >= 15 is 0 Å².